The van der Waals surface area contributed by atoms with Crippen LogP contribution in [0.3, 0.4) is 0 Å². The summed E-state index contributed by atoms with van der Waals surface area (Å²) in [7, 11) is 1.68. The molecule has 0 radical (unpaired) electrons. The summed E-state index contributed by atoms with van der Waals surface area (Å²) in [5.74, 6) is 0.622. The van der Waals surface area contributed by atoms with Gasteiger partial charge in [-0.2, -0.15) is 0 Å². The quantitative estimate of drug-likeness (QED) is 0.472. The van der Waals surface area contributed by atoms with E-state index >= 15 is 0 Å². The number of nitrogens with zero attached hydrogens (tertiary/aromatic N) is 3. The summed E-state index contributed by atoms with van der Waals surface area (Å²) in [6.07, 6.45) is 0. The monoisotopic (exact) mass is 414 g/mol. The molecular weight excluding hydrogens is 396 g/mol. The summed E-state index contributed by atoms with van der Waals surface area (Å²) < 4.78 is 7.36. The Morgan fingerprint density at radius 3 is 2.86 bits per heavy atom. The van der Waals surface area contributed by atoms with Crippen molar-refractivity contribution in [3.8, 4) is 0 Å². The molecule has 28 heavy (non-hydrogen) atoms. The molecule has 4 aromatic rings. The van der Waals surface area contributed by atoms with Crippen LogP contribution in [-0.2, 0) is 11.3 Å². The van der Waals surface area contributed by atoms with Crippen LogP contribution in [0.4, 0.5) is 0 Å². The Labute approximate surface area is 170 Å². The van der Waals surface area contributed by atoms with Gasteiger partial charge in [0.15, 0.2) is 5.16 Å². The van der Waals surface area contributed by atoms with E-state index in [-0.39, 0.29) is 10.8 Å². The van der Waals surface area contributed by atoms with Gasteiger partial charge in [-0.15, -0.1) is 0 Å². The second-order valence-electron chi connectivity index (χ2n) is 6.40. The Bertz CT molecular complexity index is 1200. The first kappa shape index (κ1) is 19.0. The van der Waals surface area contributed by atoms with E-state index in [1.54, 1.807) is 24.9 Å². The Morgan fingerprint density at radius 1 is 1.21 bits per heavy atom. The number of ether oxygens (including phenoxy) is 1. The van der Waals surface area contributed by atoms with E-state index in [1.165, 1.54) is 0 Å². The minimum absolute atomic E-state index is 0.0918. The number of hydrogen-bond donors (Lipinski definition) is 1. The summed E-state index contributed by atoms with van der Waals surface area (Å²) in [4.78, 5) is 24.7. The third-order valence-electron chi connectivity index (χ3n) is 4.49. The molecule has 1 unspecified atom stereocenters. The van der Waals surface area contributed by atoms with Crippen molar-refractivity contribution in [1.82, 2.24) is 19.5 Å². The van der Waals surface area contributed by atoms with Crippen LogP contribution in [0.5, 0.6) is 0 Å². The lowest BCUT2D eigenvalue weighted by atomic mass is 10.2. The molecule has 4 rings (SSSR count). The second-order valence-corrected chi connectivity index (χ2v) is 8.14. The van der Waals surface area contributed by atoms with Crippen LogP contribution < -0.4 is 5.56 Å². The van der Waals surface area contributed by atoms with Gasteiger partial charge in [0.25, 0.3) is 5.56 Å². The molecule has 0 aliphatic heterocycles. The number of hydrogen-bond acceptors (Lipinski definition) is 5. The molecule has 0 saturated heterocycles. The zero-order valence-corrected chi connectivity index (χ0v) is 17.0. The first-order chi connectivity index (χ1) is 13.6. The van der Waals surface area contributed by atoms with Crippen LogP contribution in [-0.4, -0.2) is 33.2 Å². The number of aromatic amines is 1. The molecule has 6 nitrogen and oxygen atoms in total. The van der Waals surface area contributed by atoms with E-state index in [0.29, 0.717) is 34.9 Å². The third-order valence-corrected chi connectivity index (χ3v) is 5.83. The van der Waals surface area contributed by atoms with Crippen molar-refractivity contribution >= 4 is 45.3 Å². The summed E-state index contributed by atoms with van der Waals surface area (Å²) in [6.45, 7) is 3.25. The predicted molar refractivity (Wildman–Crippen MR) is 113 cm³/mol. The maximum atomic E-state index is 12.4. The summed E-state index contributed by atoms with van der Waals surface area (Å²) >= 11 is 7.67. The number of para-hydroxylation sites is 1. The predicted octanol–water partition coefficient (Wildman–Crippen LogP) is 4.43. The highest BCUT2D eigenvalue weighted by Gasteiger charge is 2.18. The van der Waals surface area contributed by atoms with Crippen molar-refractivity contribution in [1.29, 1.82) is 0 Å². The standard InChI is InChI=1S/C20H19ClN4O2S/c1-12(18-22-15-6-4-3-5-14(15)19(26)24-18)28-20-23-16-11-13(21)7-8-17(16)25(20)9-10-27-2/h3-8,11-12H,9-10H2,1-2H3,(H,22,24,26). The van der Waals surface area contributed by atoms with Gasteiger partial charge in [-0.25, -0.2) is 9.97 Å². The van der Waals surface area contributed by atoms with Crippen molar-refractivity contribution < 1.29 is 4.74 Å². The lowest BCUT2D eigenvalue weighted by molar-refractivity contribution is 0.186. The molecule has 0 aliphatic rings. The van der Waals surface area contributed by atoms with Crippen molar-refractivity contribution in [2.45, 2.75) is 23.9 Å². The van der Waals surface area contributed by atoms with Crippen LogP contribution in [0.15, 0.2) is 52.4 Å². The van der Waals surface area contributed by atoms with Crippen LogP contribution in [0.2, 0.25) is 5.02 Å². The van der Waals surface area contributed by atoms with E-state index < -0.39 is 0 Å². The van der Waals surface area contributed by atoms with Crippen molar-refractivity contribution in [3.05, 3.63) is 63.7 Å². The Morgan fingerprint density at radius 2 is 2.04 bits per heavy atom. The van der Waals surface area contributed by atoms with Gasteiger partial charge in [-0.05, 0) is 37.3 Å². The minimum Gasteiger partial charge on any atom is -0.383 e. The molecular formula is C20H19ClN4O2S. The van der Waals surface area contributed by atoms with E-state index in [1.807, 2.05) is 43.3 Å². The van der Waals surface area contributed by atoms with Gasteiger partial charge < -0.3 is 14.3 Å². The number of aromatic nitrogens is 4. The van der Waals surface area contributed by atoms with E-state index in [2.05, 4.69) is 14.5 Å². The van der Waals surface area contributed by atoms with Gasteiger partial charge in [0, 0.05) is 18.7 Å². The molecule has 1 N–H and O–H groups in total. The summed E-state index contributed by atoms with van der Waals surface area (Å²) in [5.41, 5.74) is 2.38. The normalized spacial score (nSPS) is 12.7. The van der Waals surface area contributed by atoms with Crippen molar-refractivity contribution in [3.63, 3.8) is 0 Å². The average molecular weight is 415 g/mol. The molecule has 0 aliphatic carbocycles. The van der Waals surface area contributed by atoms with Crippen LogP contribution in [0, 0.1) is 0 Å². The third kappa shape index (κ3) is 3.65. The van der Waals surface area contributed by atoms with Gasteiger partial charge >= 0.3 is 0 Å². The SMILES string of the molecule is COCCn1c(SC(C)c2nc3ccccc3c(=O)[nH]2)nc2cc(Cl)ccc21. The summed E-state index contributed by atoms with van der Waals surface area (Å²) in [5, 5.41) is 1.97. The molecule has 0 saturated carbocycles. The van der Waals surface area contributed by atoms with Crippen LogP contribution in [0.1, 0.15) is 18.0 Å². The lowest BCUT2D eigenvalue weighted by Crippen LogP contribution is -2.13. The number of thioether (sulfide) groups is 1. The maximum Gasteiger partial charge on any atom is 0.258 e. The maximum absolute atomic E-state index is 12.4. The number of H-pyrrole nitrogens is 1. The fraction of sp³-hybridized carbons (Fsp3) is 0.250. The number of benzene rings is 2. The number of fused-ring (bicyclic) bond motifs is 2. The van der Waals surface area contributed by atoms with E-state index in [0.717, 1.165) is 16.2 Å². The van der Waals surface area contributed by atoms with E-state index in [4.69, 9.17) is 21.3 Å². The fourth-order valence-electron chi connectivity index (χ4n) is 3.08. The Kier molecular flexibility index (Phi) is 5.39. The second kappa shape index (κ2) is 7.95. The van der Waals surface area contributed by atoms with Gasteiger partial charge in [-0.1, -0.05) is 35.5 Å². The van der Waals surface area contributed by atoms with Gasteiger partial charge in [0.05, 0.1) is 33.8 Å². The zero-order valence-electron chi connectivity index (χ0n) is 15.5. The largest absolute Gasteiger partial charge is 0.383 e. The molecule has 2 aromatic heterocycles. The number of imidazole rings is 1. The molecule has 8 heteroatoms. The van der Waals surface area contributed by atoms with E-state index in [9.17, 15) is 4.79 Å². The fourth-order valence-corrected chi connectivity index (χ4v) is 4.25. The number of rotatable bonds is 6. The highest BCUT2D eigenvalue weighted by molar-refractivity contribution is 7.99. The first-order valence-corrected chi connectivity index (χ1v) is 10.1. The number of halogens is 1. The molecule has 1 atom stereocenters. The molecule has 144 valence electrons. The molecule has 0 bridgehead atoms. The van der Waals surface area contributed by atoms with Crippen LogP contribution >= 0.6 is 23.4 Å². The van der Waals surface area contributed by atoms with Gasteiger partial charge in [0.1, 0.15) is 5.82 Å². The number of methoxy groups -OCH3 is 1. The summed E-state index contributed by atoms with van der Waals surface area (Å²) in [6, 6.07) is 13.0. The van der Waals surface area contributed by atoms with Crippen molar-refractivity contribution in [2.24, 2.45) is 0 Å². The smallest absolute Gasteiger partial charge is 0.258 e. The molecule has 0 amide bonds. The highest BCUT2D eigenvalue weighted by atomic mass is 35.5. The average Bonchev–Trinajstić information content (AvgIpc) is 3.02. The topological polar surface area (TPSA) is 72.8 Å². The van der Waals surface area contributed by atoms with Crippen LogP contribution in [0.25, 0.3) is 21.9 Å². The lowest BCUT2D eigenvalue weighted by Gasteiger charge is -2.13. The molecule has 2 heterocycles. The number of nitrogens with one attached hydrogen (secondary N) is 1. The highest BCUT2D eigenvalue weighted by Crippen LogP contribution is 2.35. The van der Waals surface area contributed by atoms with Gasteiger partial charge in [0.2, 0.25) is 0 Å². The molecule has 2 aromatic carbocycles. The van der Waals surface area contributed by atoms with Crippen molar-refractivity contribution in [2.75, 3.05) is 13.7 Å². The first-order valence-electron chi connectivity index (χ1n) is 8.87. The zero-order chi connectivity index (χ0) is 19.7. The Balaban J connectivity index is 1.72. The van der Waals surface area contributed by atoms with Gasteiger partial charge in [-0.3, -0.25) is 4.79 Å². The minimum atomic E-state index is -0.132. The molecule has 0 fully saturated rings. The molecule has 0 spiro atoms. The Hall–Kier alpha value is -2.35.